The molecule has 4 heteroatoms. The zero-order valence-electron chi connectivity index (χ0n) is 53.2. The molecule has 0 fully saturated rings. The van der Waals surface area contributed by atoms with E-state index in [2.05, 4.69) is 315 Å². The number of hydrogen-bond donors (Lipinski definition) is 0. The Bertz CT molecular complexity index is 5380. The van der Waals surface area contributed by atoms with Crippen LogP contribution in [0, 0.1) is 0 Å². The minimum atomic E-state index is 0.606. The Morgan fingerprint density at radius 2 is 0.306 bits per heavy atom. The van der Waals surface area contributed by atoms with Gasteiger partial charge < -0.3 is 0 Å². The van der Waals surface area contributed by atoms with Gasteiger partial charge in [-0.05, 0) is 237 Å². The van der Waals surface area contributed by atoms with Gasteiger partial charge in [0.05, 0.1) is 20.1 Å². The number of rotatable bonds is 8. The molecule has 0 aliphatic carbocycles. The van der Waals surface area contributed by atoms with E-state index in [-0.39, 0.29) is 0 Å². The molecule has 0 nitrogen and oxygen atoms in total. The van der Waals surface area contributed by atoms with Gasteiger partial charge in [-0.3, -0.25) is 0 Å². The van der Waals surface area contributed by atoms with Crippen molar-refractivity contribution in [2.24, 2.45) is 0 Å². The van der Waals surface area contributed by atoms with E-state index in [0.717, 1.165) is 0 Å². The van der Waals surface area contributed by atoms with Gasteiger partial charge >= 0.3 is 0 Å². The summed E-state index contributed by atoms with van der Waals surface area (Å²) >= 11 is 22.3. The SMILES string of the molecule is Clc1ccccc1Cl.Clc1ccccc1Cl.c1ccc(-c2cc(-c3ccccc3)cc(-c3c4ccccc4c(-c4cc5c6ccccc6c(-c6c7ccccc7c(-c7cc(-c8ccccc8)cc(-c8ccccc8)c7)c7ccccc67)cc5c5ccccc45)c4ccccc34)c2)cc1. The van der Waals surface area contributed by atoms with Crippen LogP contribution >= 0.6 is 46.4 Å². The van der Waals surface area contributed by atoms with Crippen LogP contribution < -0.4 is 0 Å². The van der Waals surface area contributed by atoms with Crippen LogP contribution in [-0.4, -0.2) is 0 Å². The topological polar surface area (TPSA) is 0 Å². The second-order valence-electron chi connectivity index (χ2n) is 24.6. The summed E-state index contributed by atoms with van der Waals surface area (Å²) in [7, 11) is 0. The summed E-state index contributed by atoms with van der Waals surface area (Å²) in [6.07, 6.45) is 0. The van der Waals surface area contributed by atoms with Crippen LogP contribution in [0.3, 0.4) is 0 Å². The van der Waals surface area contributed by atoms with Crippen molar-refractivity contribution in [3.8, 4) is 89.0 Å². The van der Waals surface area contributed by atoms with Crippen LogP contribution in [0.25, 0.3) is 164 Å². The van der Waals surface area contributed by atoms with Crippen molar-refractivity contribution in [2.45, 2.75) is 0 Å². The van der Waals surface area contributed by atoms with Crippen LogP contribution in [0.1, 0.15) is 0 Å². The first-order chi connectivity index (χ1) is 48.3. The summed E-state index contributed by atoms with van der Waals surface area (Å²) in [6, 6.07) is 132. The third-order valence-corrected chi connectivity index (χ3v) is 20.3. The molecule has 18 aromatic rings. The van der Waals surface area contributed by atoms with Crippen LogP contribution in [0.15, 0.2) is 364 Å². The fourth-order valence-electron chi connectivity index (χ4n) is 14.4. The van der Waals surface area contributed by atoms with Crippen LogP contribution in [-0.2, 0) is 0 Å². The van der Waals surface area contributed by atoms with Crippen LogP contribution in [0.2, 0.25) is 20.1 Å². The Hall–Kier alpha value is -11.1. The van der Waals surface area contributed by atoms with Crippen molar-refractivity contribution in [3.63, 3.8) is 0 Å². The van der Waals surface area contributed by atoms with E-state index in [0.29, 0.717) is 20.1 Å². The van der Waals surface area contributed by atoms with Gasteiger partial charge in [0.2, 0.25) is 0 Å². The highest BCUT2D eigenvalue weighted by atomic mass is 35.5. The van der Waals surface area contributed by atoms with Gasteiger partial charge in [0.25, 0.3) is 0 Å². The average molecular weight is 1330 g/mol. The molecule has 18 rings (SSSR count). The lowest BCUT2D eigenvalue weighted by molar-refractivity contribution is 1.58. The maximum atomic E-state index is 5.58. The standard InChI is InChI=1S/C82H52.2C6H4Cl2/c1-5-25-53(26-6-1)57-45-58(54-27-7-2-8-28-54)48-61(47-57)79-67-37-17-21-41-71(67)81(72-42-22-18-38-68(72)79)77-51-75-64-34-14-16-36-66(64)78(52-76(75)63-33-13-15-35-65(63)77)82-73-43-23-19-39-69(73)80(70-40-20-24-44-74(70)82)62-49-59(55-29-9-3-10-30-55)46-60(50-62)56-31-11-4-12-32-56;2*7-5-3-1-2-4-6(5)8/h1-52H;2*1-4H. The Labute approximate surface area is 590 Å². The fourth-order valence-corrected chi connectivity index (χ4v) is 15.0. The average Bonchev–Trinajstić information content (AvgIpc) is 0.715. The molecule has 0 spiro atoms. The Morgan fingerprint density at radius 3 is 0.541 bits per heavy atom. The van der Waals surface area contributed by atoms with Crippen molar-refractivity contribution in [1.82, 2.24) is 0 Å². The molecule has 0 N–H and O–H groups in total. The first-order valence-corrected chi connectivity index (χ1v) is 34.4. The van der Waals surface area contributed by atoms with Crippen molar-refractivity contribution >= 4 is 122 Å². The van der Waals surface area contributed by atoms with E-state index >= 15 is 0 Å². The molecule has 0 saturated heterocycles. The van der Waals surface area contributed by atoms with E-state index in [9.17, 15) is 0 Å². The highest BCUT2D eigenvalue weighted by Gasteiger charge is 2.24. The van der Waals surface area contributed by atoms with E-state index in [4.69, 9.17) is 46.4 Å². The predicted octanol–water partition coefficient (Wildman–Crippen LogP) is 29.1. The Morgan fingerprint density at radius 1 is 0.122 bits per heavy atom. The highest BCUT2D eigenvalue weighted by Crippen LogP contribution is 2.52. The molecule has 0 aromatic heterocycles. The van der Waals surface area contributed by atoms with Crippen molar-refractivity contribution < 1.29 is 0 Å². The van der Waals surface area contributed by atoms with Gasteiger partial charge in [-0.15, -0.1) is 0 Å². The zero-order chi connectivity index (χ0) is 66.1. The molecule has 0 aliphatic heterocycles. The van der Waals surface area contributed by atoms with Gasteiger partial charge in [0.1, 0.15) is 0 Å². The summed E-state index contributed by atoms with van der Waals surface area (Å²) in [5.74, 6) is 0. The molecular weight excluding hydrogens is 1270 g/mol. The van der Waals surface area contributed by atoms with Gasteiger partial charge in [-0.25, -0.2) is 0 Å². The lowest BCUT2D eigenvalue weighted by Crippen LogP contribution is -1.95. The largest absolute Gasteiger partial charge is 0.0827 e. The first-order valence-electron chi connectivity index (χ1n) is 32.9. The number of fused-ring (bicyclic) bond motifs is 9. The normalized spacial score (nSPS) is 11.3. The molecule has 0 saturated carbocycles. The maximum absolute atomic E-state index is 5.58. The number of halogens is 4. The monoisotopic (exact) mass is 1330 g/mol. The molecule has 0 amide bonds. The molecule has 0 heterocycles. The van der Waals surface area contributed by atoms with E-state index in [1.165, 1.54) is 164 Å². The molecule has 0 radical (unpaired) electrons. The fraction of sp³-hybridized carbons (Fsp3) is 0. The molecule has 0 atom stereocenters. The van der Waals surface area contributed by atoms with E-state index in [1.54, 1.807) is 24.3 Å². The summed E-state index contributed by atoms with van der Waals surface area (Å²) in [5, 5.41) is 19.7. The molecule has 0 aliphatic rings. The van der Waals surface area contributed by atoms with Crippen LogP contribution in [0.5, 0.6) is 0 Å². The smallest absolute Gasteiger partial charge is 0.0592 e. The summed E-state index contributed by atoms with van der Waals surface area (Å²) in [4.78, 5) is 0. The minimum absolute atomic E-state index is 0.606. The second kappa shape index (κ2) is 27.2. The first kappa shape index (κ1) is 61.8. The number of hydrogen-bond acceptors (Lipinski definition) is 0. The quantitative estimate of drug-likeness (QED) is 0.105. The third kappa shape index (κ3) is 11.8. The summed E-state index contributed by atoms with van der Waals surface area (Å²) in [5.41, 5.74) is 19.5. The van der Waals surface area contributed by atoms with Crippen LogP contribution in [0.4, 0.5) is 0 Å². The zero-order valence-corrected chi connectivity index (χ0v) is 56.2. The minimum Gasteiger partial charge on any atom is -0.0827 e. The molecule has 18 aromatic carbocycles. The van der Waals surface area contributed by atoms with Crippen molar-refractivity contribution in [3.05, 3.63) is 384 Å². The lowest BCUT2D eigenvalue weighted by atomic mass is 9.81. The summed E-state index contributed by atoms with van der Waals surface area (Å²) < 4.78 is 0. The predicted molar refractivity (Wildman–Crippen MR) is 425 cm³/mol. The Kier molecular flexibility index (Phi) is 17.2. The molecular formula is C94H60Cl4. The van der Waals surface area contributed by atoms with E-state index in [1.807, 2.05) is 24.3 Å². The van der Waals surface area contributed by atoms with Gasteiger partial charge in [-0.2, -0.15) is 0 Å². The van der Waals surface area contributed by atoms with E-state index < -0.39 is 0 Å². The van der Waals surface area contributed by atoms with Gasteiger partial charge in [-0.1, -0.05) is 338 Å². The molecule has 0 unspecified atom stereocenters. The summed E-state index contributed by atoms with van der Waals surface area (Å²) in [6.45, 7) is 0. The second-order valence-corrected chi connectivity index (χ2v) is 26.2. The number of benzene rings is 18. The van der Waals surface area contributed by atoms with Gasteiger partial charge in [0.15, 0.2) is 0 Å². The van der Waals surface area contributed by atoms with Gasteiger partial charge in [0, 0.05) is 0 Å². The highest BCUT2D eigenvalue weighted by molar-refractivity contribution is 6.42. The molecule has 98 heavy (non-hydrogen) atoms. The maximum Gasteiger partial charge on any atom is 0.0592 e. The molecule has 0 bridgehead atoms. The Balaban J connectivity index is 0.000000415. The third-order valence-electron chi connectivity index (χ3n) is 18.8. The molecule has 464 valence electrons. The lowest BCUT2D eigenvalue weighted by Gasteiger charge is -2.22. The van der Waals surface area contributed by atoms with Crippen molar-refractivity contribution in [2.75, 3.05) is 0 Å². The van der Waals surface area contributed by atoms with Crippen molar-refractivity contribution in [1.29, 1.82) is 0 Å².